The maximum absolute atomic E-state index is 6.20. The Hall–Kier alpha value is -0.540. The SMILES string of the molecule is CCCC(Cc1c(Cl)c(C)nn1C)NC. The van der Waals surface area contributed by atoms with E-state index in [0.29, 0.717) is 6.04 Å². The van der Waals surface area contributed by atoms with Gasteiger partial charge in [-0.15, -0.1) is 0 Å². The summed E-state index contributed by atoms with van der Waals surface area (Å²) >= 11 is 6.20. The van der Waals surface area contributed by atoms with Crippen LogP contribution in [0.1, 0.15) is 31.2 Å². The third kappa shape index (κ3) is 2.95. The van der Waals surface area contributed by atoms with Crippen LogP contribution in [-0.2, 0) is 13.5 Å². The maximum Gasteiger partial charge on any atom is 0.0847 e. The highest BCUT2D eigenvalue weighted by Crippen LogP contribution is 2.21. The zero-order valence-electron chi connectivity index (χ0n) is 9.97. The van der Waals surface area contributed by atoms with Crippen LogP contribution < -0.4 is 5.32 Å². The number of halogens is 1. The first kappa shape index (κ1) is 12.5. The van der Waals surface area contributed by atoms with Crippen molar-refractivity contribution in [3.8, 4) is 0 Å². The van der Waals surface area contributed by atoms with E-state index < -0.39 is 0 Å². The Labute approximate surface area is 96.8 Å². The van der Waals surface area contributed by atoms with Crippen molar-refractivity contribution in [2.45, 2.75) is 39.2 Å². The van der Waals surface area contributed by atoms with Crippen molar-refractivity contribution in [3.05, 3.63) is 16.4 Å². The normalized spacial score (nSPS) is 13.1. The Morgan fingerprint density at radius 2 is 2.20 bits per heavy atom. The lowest BCUT2D eigenvalue weighted by atomic mass is 10.1. The summed E-state index contributed by atoms with van der Waals surface area (Å²) in [4.78, 5) is 0. The molecular formula is C11H20ClN3. The molecule has 1 rings (SSSR count). The molecular weight excluding hydrogens is 210 g/mol. The molecule has 0 fully saturated rings. The van der Waals surface area contributed by atoms with E-state index >= 15 is 0 Å². The van der Waals surface area contributed by atoms with Crippen molar-refractivity contribution < 1.29 is 0 Å². The van der Waals surface area contributed by atoms with E-state index in [-0.39, 0.29) is 0 Å². The second kappa shape index (κ2) is 5.52. The second-order valence-corrected chi connectivity index (χ2v) is 4.33. The highest BCUT2D eigenvalue weighted by Gasteiger charge is 2.15. The van der Waals surface area contributed by atoms with Crippen molar-refractivity contribution >= 4 is 11.6 Å². The van der Waals surface area contributed by atoms with Crippen LogP contribution in [0.25, 0.3) is 0 Å². The number of rotatable bonds is 5. The van der Waals surface area contributed by atoms with E-state index in [2.05, 4.69) is 17.3 Å². The Morgan fingerprint density at radius 3 is 2.60 bits per heavy atom. The molecule has 0 aliphatic heterocycles. The van der Waals surface area contributed by atoms with Gasteiger partial charge in [0.2, 0.25) is 0 Å². The van der Waals surface area contributed by atoms with Gasteiger partial charge in [0.15, 0.2) is 0 Å². The fourth-order valence-electron chi connectivity index (χ4n) is 1.83. The average molecular weight is 230 g/mol. The van der Waals surface area contributed by atoms with Crippen molar-refractivity contribution in [3.63, 3.8) is 0 Å². The van der Waals surface area contributed by atoms with Crippen LogP contribution in [0.4, 0.5) is 0 Å². The van der Waals surface area contributed by atoms with Crippen molar-refractivity contribution in [2.24, 2.45) is 7.05 Å². The fourth-order valence-corrected chi connectivity index (χ4v) is 2.07. The van der Waals surface area contributed by atoms with Crippen molar-refractivity contribution in [1.82, 2.24) is 15.1 Å². The molecule has 3 nitrogen and oxygen atoms in total. The number of likely N-dealkylation sites (N-methyl/N-ethyl adjacent to an activating group) is 1. The highest BCUT2D eigenvalue weighted by molar-refractivity contribution is 6.31. The molecule has 4 heteroatoms. The highest BCUT2D eigenvalue weighted by atomic mass is 35.5. The van der Waals surface area contributed by atoms with Crippen molar-refractivity contribution in [2.75, 3.05) is 7.05 Å². The van der Waals surface area contributed by atoms with Crippen molar-refractivity contribution in [1.29, 1.82) is 0 Å². The Morgan fingerprint density at radius 1 is 1.53 bits per heavy atom. The summed E-state index contributed by atoms with van der Waals surface area (Å²) in [5, 5.41) is 8.44. The molecule has 1 atom stereocenters. The Kier molecular flexibility index (Phi) is 4.61. The van der Waals surface area contributed by atoms with E-state index in [1.54, 1.807) is 0 Å². The summed E-state index contributed by atoms with van der Waals surface area (Å²) < 4.78 is 1.89. The Bertz CT molecular complexity index is 320. The van der Waals surface area contributed by atoms with Crippen LogP contribution in [0.15, 0.2) is 0 Å². The molecule has 0 bridgehead atoms. The van der Waals surface area contributed by atoms with Gasteiger partial charge in [0.1, 0.15) is 0 Å². The number of nitrogens with one attached hydrogen (secondary N) is 1. The minimum Gasteiger partial charge on any atom is -0.317 e. The second-order valence-electron chi connectivity index (χ2n) is 3.95. The summed E-state index contributed by atoms with van der Waals surface area (Å²) in [6, 6.07) is 0.488. The predicted molar refractivity (Wildman–Crippen MR) is 64.4 cm³/mol. The lowest BCUT2D eigenvalue weighted by molar-refractivity contribution is 0.498. The topological polar surface area (TPSA) is 29.9 Å². The van der Waals surface area contributed by atoms with E-state index in [1.165, 1.54) is 6.42 Å². The summed E-state index contributed by atoms with van der Waals surface area (Å²) in [6.45, 7) is 4.14. The third-order valence-electron chi connectivity index (χ3n) is 2.75. The zero-order valence-corrected chi connectivity index (χ0v) is 10.7. The van der Waals surface area contributed by atoms with E-state index in [0.717, 1.165) is 29.3 Å². The number of hydrogen-bond donors (Lipinski definition) is 1. The number of aryl methyl sites for hydroxylation is 2. The summed E-state index contributed by atoms with van der Waals surface area (Å²) in [5.41, 5.74) is 2.04. The first-order valence-corrected chi connectivity index (χ1v) is 5.83. The lowest BCUT2D eigenvalue weighted by Crippen LogP contribution is -2.28. The predicted octanol–water partition coefficient (Wildman–Crippen LogP) is 2.31. The van der Waals surface area contributed by atoms with Gasteiger partial charge in [0.25, 0.3) is 0 Å². The molecule has 1 unspecified atom stereocenters. The van der Waals surface area contributed by atoms with Gasteiger partial charge in [-0.1, -0.05) is 24.9 Å². The van der Waals surface area contributed by atoms with Gasteiger partial charge in [0, 0.05) is 19.5 Å². The fraction of sp³-hybridized carbons (Fsp3) is 0.727. The number of hydrogen-bond acceptors (Lipinski definition) is 2. The molecule has 15 heavy (non-hydrogen) atoms. The van der Waals surface area contributed by atoms with Crippen LogP contribution >= 0.6 is 11.6 Å². The van der Waals surface area contributed by atoms with Gasteiger partial charge in [0.05, 0.1) is 16.4 Å². The third-order valence-corrected chi connectivity index (χ3v) is 3.24. The molecule has 1 aromatic rings. The minimum atomic E-state index is 0.488. The molecule has 0 aliphatic carbocycles. The molecule has 0 spiro atoms. The molecule has 0 saturated heterocycles. The van der Waals surface area contributed by atoms with Crippen LogP contribution in [0, 0.1) is 6.92 Å². The van der Waals surface area contributed by atoms with Gasteiger partial charge >= 0.3 is 0 Å². The maximum atomic E-state index is 6.20. The largest absolute Gasteiger partial charge is 0.317 e. The number of nitrogens with zero attached hydrogens (tertiary/aromatic N) is 2. The minimum absolute atomic E-state index is 0.488. The van der Waals surface area contributed by atoms with E-state index in [9.17, 15) is 0 Å². The smallest absolute Gasteiger partial charge is 0.0847 e. The lowest BCUT2D eigenvalue weighted by Gasteiger charge is -2.15. The number of aromatic nitrogens is 2. The van der Waals surface area contributed by atoms with Gasteiger partial charge in [-0.25, -0.2) is 0 Å². The van der Waals surface area contributed by atoms with E-state index in [1.807, 2.05) is 25.7 Å². The van der Waals surface area contributed by atoms with Gasteiger partial charge < -0.3 is 5.32 Å². The van der Waals surface area contributed by atoms with Crippen LogP contribution in [0.3, 0.4) is 0 Å². The molecule has 0 saturated carbocycles. The molecule has 0 aliphatic rings. The summed E-state index contributed by atoms with van der Waals surface area (Å²) in [6.07, 6.45) is 3.29. The van der Waals surface area contributed by atoms with Crippen LogP contribution in [-0.4, -0.2) is 22.9 Å². The molecule has 86 valence electrons. The van der Waals surface area contributed by atoms with Gasteiger partial charge in [-0.2, -0.15) is 5.10 Å². The van der Waals surface area contributed by atoms with E-state index in [4.69, 9.17) is 11.6 Å². The quantitative estimate of drug-likeness (QED) is 0.840. The standard InChI is InChI=1S/C11H20ClN3/c1-5-6-9(13-3)7-10-11(12)8(2)14-15(10)4/h9,13H,5-7H2,1-4H3. The zero-order chi connectivity index (χ0) is 11.4. The molecule has 0 aromatic carbocycles. The molecule has 1 N–H and O–H groups in total. The van der Waals surface area contributed by atoms with Crippen LogP contribution in [0.5, 0.6) is 0 Å². The van der Waals surface area contributed by atoms with Crippen LogP contribution in [0.2, 0.25) is 5.02 Å². The molecule has 1 aromatic heterocycles. The molecule has 0 amide bonds. The molecule has 1 heterocycles. The monoisotopic (exact) mass is 229 g/mol. The van der Waals surface area contributed by atoms with Gasteiger partial charge in [-0.05, 0) is 20.4 Å². The van der Waals surface area contributed by atoms with Gasteiger partial charge in [-0.3, -0.25) is 4.68 Å². The molecule has 0 radical (unpaired) electrons. The first-order chi connectivity index (χ1) is 7.10. The first-order valence-electron chi connectivity index (χ1n) is 5.45. The Balaban J connectivity index is 2.78. The summed E-state index contributed by atoms with van der Waals surface area (Å²) in [7, 11) is 3.95. The summed E-state index contributed by atoms with van der Waals surface area (Å²) in [5.74, 6) is 0. The average Bonchev–Trinajstić information content (AvgIpc) is 2.44.